The van der Waals surface area contributed by atoms with Crippen LogP contribution in [0, 0.1) is 0 Å². The number of hydrogen-bond acceptors (Lipinski definition) is 4. The van der Waals surface area contributed by atoms with Crippen molar-refractivity contribution in [2.45, 2.75) is 13.3 Å². The maximum absolute atomic E-state index is 12.5. The molecular weight excluding hydrogens is 459 g/mol. The van der Waals surface area contributed by atoms with Crippen molar-refractivity contribution in [3.8, 4) is 5.75 Å². The number of carbonyl (C=O) groups excluding carboxylic acids is 1. The molecule has 158 valence electrons. The summed E-state index contributed by atoms with van der Waals surface area (Å²) >= 11 is 18.3. The molecule has 0 unspecified atom stereocenters. The summed E-state index contributed by atoms with van der Waals surface area (Å²) in [5, 5.41) is 4.18. The third-order valence-electron chi connectivity index (χ3n) is 4.51. The Balaban J connectivity index is 1.44. The Kier molecular flexibility index (Phi) is 6.37. The van der Waals surface area contributed by atoms with Crippen LogP contribution in [0.1, 0.15) is 28.7 Å². The van der Waals surface area contributed by atoms with Gasteiger partial charge in [0.1, 0.15) is 11.3 Å². The molecule has 1 amide bonds. The smallest absolute Gasteiger partial charge is 0.255 e. The highest BCUT2D eigenvalue weighted by Gasteiger charge is 2.12. The molecule has 1 aromatic heterocycles. The van der Waals surface area contributed by atoms with Crippen LogP contribution >= 0.6 is 34.8 Å². The van der Waals surface area contributed by atoms with Gasteiger partial charge >= 0.3 is 0 Å². The van der Waals surface area contributed by atoms with Crippen molar-refractivity contribution in [3.05, 3.63) is 86.7 Å². The summed E-state index contributed by atoms with van der Waals surface area (Å²) in [6, 6.07) is 15.7. The Morgan fingerprint density at radius 2 is 1.81 bits per heavy atom. The number of nitrogens with zero attached hydrogens (tertiary/aromatic N) is 1. The van der Waals surface area contributed by atoms with Crippen molar-refractivity contribution >= 4 is 57.5 Å². The van der Waals surface area contributed by atoms with E-state index in [0.717, 1.165) is 5.56 Å². The zero-order chi connectivity index (χ0) is 22.0. The second-order valence-corrected chi connectivity index (χ2v) is 8.00. The Hall–Kier alpha value is -2.73. The van der Waals surface area contributed by atoms with E-state index in [1.807, 2.05) is 31.2 Å². The molecule has 3 aromatic carbocycles. The van der Waals surface area contributed by atoms with E-state index in [9.17, 15) is 4.79 Å². The first-order chi connectivity index (χ1) is 14.9. The van der Waals surface area contributed by atoms with Gasteiger partial charge in [0.05, 0.1) is 16.7 Å². The fourth-order valence-electron chi connectivity index (χ4n) is 3.08. The van der Waals surface area contributed by atoms with Gasteiger partial charge in [-0.1, -0.05) is 46.9 Å². The number of carbonyl (C=O) groups is 1. The second-order valence-electron chi connectivity index (χ2n) is 6.75. The first-order valence-electron chi connectivity index (χ1n) is 9.50. The first-order valence-corrected chi connectivity index (χ1v) is 10.6. The molecule has 1 N–H and O–H groups in total. The molecule has 0 aliphatic carbocycles. The molecule has 0 saturated heterocycles. The fraction of sp³-hybridized carbons (Fsp3) is 0.130. The molecule has 0 radical (unpaired) electrons. The van der Waals surface area contributed by atoms with E-state index in [4.69, 9.17) is 44.0 Å². The van der Waals surface area contributed by atoms with Crippen LogP contribution in [0.4, 0.5) is 5.69 Å². The fourth-order valence-corrected chi connectivity index (χ4v) is 3.84. The zero-order valence-corrected chi connectivity index (χ0v) is 18.7. The number of halogens is 3. The lowest BCUT2D eigenvalue weighted by Gasteiger charge is -2.09. The number of benzene rings is 3. The van der Waals surface area contributed by atoms with Crippen LogP contribution in [0.5, 0.6) is 5.75 Å². The highest BCUT2D eigenvalue weighted by molar-refractivity contribution is 6.38. The van der Waals surface area contributed by atoms with Crippen LogP contribution in [0.25, 0.3) is 11.1 Å². The third-order valence-corrected chi connectivity index (χ3v) is 5.31. The van der Waals surface area contributed by atoms with Crippen LogP contribution in [-0.2, 0) is 6.42 Å². The van der Waals surface area contributed by atoms with Gasteiger partial charge in [-0.05, 0) is 55.0 Å². The largest absolute Gasteiger partial charge is 0.492 e. The predicted molar refractivity (Wildman–Crippen MR) is 124 cm³/mol. The Morgan fingerprint density at radius 3 is 2.52 bits per heavy atom. The topological polar surface area (TPSA) is 64.4 Å². The lowest BCUT2D eigenvalue weighted by molar-refractivity contribution is 0.102. The molecule has 4 rings (SSSR count). The van der Waals surface area contributed by atoms with Crippen molar-refractivity contribution in [1.82, 2.24) is 4.98 Å². The number of anilines is 1. The molecule has 0 aliphatic rings. The number of rotatable bonds is 6. The quantitative estimate of drug-likeness (QED) is 0.325. The molecule has 0 spiro atoms. The van der Waals surface area contributed by atoms with E-state index in [0.29, 0.717) is 62.1 Å². The molecule has 0 fully saturated rings. The van der Waals surface area contributed by atoms with E-state index >= 15 is 0 Å². The van der Waals surface area contributed by atoms with Crippen LogP contribution in [-0.4, -0.2) is 17.5 Å². The summed E-state index contributed by atoms with van der Waals surface area (Å²) in [6.45, 7) is 2.37. The van der Waals surface area contributed by atoms with Gasteiger partial charge in [0.2, 0.25) is 0 Å². The average molecular weight is 476 g/mol. The number of amides is 1. The lowest BCUT2D eigenvalue weighted by atomic mass is 10.1. The molecule has 1 heterocycles. The van der Waals surface area contributed by atoms with Crippen molar-refractivity contribution in [1.29, 1.82) is 0 Å². The molecular formula is C23H17Cl3N2O3. The van der Waals surface area contributed by atoms with Crippen molar-refractivity contribution < 1.29 is 13.9 Å². The van der Waals surface area contributed by atoms with Crippen molar-refractivity contribution in [2.24, 2.45) is 0 Å². The highest BCUT2D eigenvalue weighted by atomic mass is 35.5. The van der Waals surface area contributed by atoms with Gasteiger partial charge in [-0.15, -0.1) is 0 Å². The van der Waals surface area contributed by atoms with Gasteiger partial charge < -0.3 is 14.5 Å². The van der Waals surface area contributed by atoms with Crippen LogP contribution < -0.4 is 10.1 Å². The van der Waals surface area contributed by atoms with Crippen LogP contribution in [0.2, 0.25) is 15.1 Å². The number of oxazole rings is 1. The maximum Gasteiger partial charge on any atom is 0.255 e. The summed E-state index contributed by atoms with van der Waals surface area (Å²) < 4.78 is 11.1. The zero-order valence-electron chi connectivity index (χ0n) is 16.4. The molecule has 8 heteroatoms. The molecule has 31 heavy (non-hydrogen) atoms. The summed E-state index contributed by atoms with van der Waals surface area (Å²) in [4.78, 5) is 17.0. The molecule has 0 atom stereocenters. The van der Waals surface area contributed by atoms with Crippen LogP contribution in [0.3, 0.4) is 0 Å². The standard InChI is InChI=1S/C23H17Cl3N2O3/c1-2-30-20-8-5-14(10-17(20)25)23(29)27-16-6-3-13(4-7-16)9-21-28-19-12-15(24)11-18(26)22(19)31-21/h3-8,10-12H,2,9H2,1H3,(H,27,29). The van der Waals surface area contributed by atoms with Crippen molar-refractivity contribution in [2.75, 3.05) is 11.9 Å². The normalized spacial score (nSPS) is 11.0. The summed E-state index contributed by atoms with van der Waals surface area (Å²) in [6.07, 6.45) is 0.478. The van der Waals surface area contributed by atoms with Gasteiger partial charge in [0.25, 0.3) is 5.91 Å². The van der Waals surface area contributed by atoms with Gasteiger partial charge in [-0.25, -0.2) is 4.98 Å². The molecule has 0 aliphatic heterocycles. The molecule has 0 bridgehead atoms. The van der Waals surface area contributed by atoms with E-state index in [1.54, 1.807) is 30.3 Å². The minimum absolute atomic E-state index is 0.261. The maximum atomic E-state index is 12.5. The van der Waals surface area contributed by atoms with E-state index in [1.165, 1.54) is 0 Å². The number of hydrogen-bond donors (Lipinski definition) is 1. The van der Waals surface area contributed by atoms with E-state index in [2.05, 4.69) is 10.3 Å². The lowest BCUT2D eigenvalue weighted by Crippen LogP contribution is -2.12. The number of nitrogens with one attached hydrogen (secondary N) is 1. The monoisotopic (exact) mass is 474 g/mol. The van der Waals surface area contributed by atoms with Gasteiger partial charge in [-0.3, -0.25) is 4.79 Å². The van der Waals surface area contributed by atoms with Gasteiger partial charge in [0, 0.05) is 22.7 Å². The van der Waals surface area contributed by atoms with E-state index < -0.39 is 0 Å². The Labute approximate surface area is 193 Å². The molecule has 4 aromatic rings. The number of ether oxygens (including phenoxy) is 1. The Morgan fingerprint density at radius 1 is 1.03 bits per heavy atom. The predicted octanol–water partition coefficient (Wildman–Crippen LogP) is 7.03. The molecule has 5 nitrogen and oxygen atoms in total. The second kappa shape index (κ2) is 9.18. The third kappa shape index (κ3) is 4.96. The summed E-state index contributed by atoms with van der Waals surface area (Å²) in [7, 11) is 0. The summed E-state index contributed by atoms with van der Waals surface area (Å²) in [5.74, 6) is 0.816. The average Bonchev–Trinajstić information content (AvgIpc) is 3.13. The van der Waals surface area contributed by atoms with Gasteiger partial charge in [0.15, 0.2) is 11.5 Å². The van der Waals surface area contributed by atoms with E-state index in [-0.39, 0.29) is 5.91 Å². The molecule has 0 saturated carbocycles. The highest BCUT2D eigenvalue weighted by Crippen LogP contribution is 2.29. The Bertz CT molecular complexity index is 1250. The first kappa shape index (κ1) is 21.5. The SMILES string of the molecule is CCOc1ccc(C(=O)Nc2ccc(Cc3nc4cc(Cl)cc(Cl)c4o3)cc2)cc1Cl. The minimum atomic E-state index is -0.261. The van der Waals surface area contributed by atoms with Crippen LogP contribution in [0.15, 0.2) is 59.0 Å². The number of fused-ring (bicyclic) bond motifs is 1. The van der Waals surface area contributed by atoms with Crippen molar-refractivity contribution in [3.63, 3.8) is 0 Å². The minimum Gasteiger partial charge on any atom is -0.492 e. The van der Waals surface area contributed by atoms with Gasteiger partial charge in [-0.2, -0.15) is 0 Å². The summed E-state index contributed by atoms with van der Waals surface area (Å²) in [5.41, 5.74) is 3.20. The number of aromatic nitrogens is 1.